The van der Waals surface area contributed by atoms with Crippen LogP contribution in [0, 0.1) is 5.41 Å². The summed E-state index contributed by atoms with van der Waals surface area (Å²) in [5.74, 6) is 0.153. The van der Waals surface area contributed by atoms with Gasteiger partial charge in [0.1, 0.15) is 0 Å². The highest BCUT2D eigenvalue weighted by Crippen LogP contribution is 2.35. The van der Waals surface area contributed by atoms with Gasteiger partial charge in [-0.3, -0.25) is 4.79 Å². The van der Waals surface area contributed by atoms with E-state index in [1.165, 1.54) is 12.8 Å². The SMILES string of the molecule is CCC(Br)C(=O)NC1CCCC(C)(C)C1. The van der Waals surface area contributed by atoms with Gasteiger partial charge in [0.25, 0.3) is 0 Å². The van der Waals surface area contributed by atoms with Crippen LogP contribution in [0.1, 0.15) is 52.9 Å². The zero-order valence-corrected chi connectivity index (χ0v) is 11.6. The van der Waals surface area contributed by atoms with Crippen LogP contribution in [0.3, 0.4) is 0 Å². The van der Waals surface area contributed by atoms with Gasteiger partial charge in [0.2, 0.25) is 5.91 Å². The minimum atomic E-state index is -0.0254. The van der Waals surface area contributed by atoms with Crippen LogP contribution in [0.4, 0.5) is 0 Å². The van der Waals surface area contributed by atoms with Crippen molar-refractivity contribution < 1.29 is 4.79 Å². The lowest BCUT2D eigenvalue weighted by Gasteiger charge is -2.35. The summed E-state index contributed by atoms with van der Waals surface area (Å²) in [5.41, 5.74) is 0.393. The van der Waals surface area contributed by atoms with Gasteiger partial charge in [-0.2, -0.15) is 0 Å². The second-order valence-corrected chi connectivity index (χ2v) is 6.45. The number of alkyl halides is 1. The molecule has 2 nitrogen and oxygen atoms in total. The van der Waals surface area contributed by atoms with E-state index < -0.39 is 0 Å². The first kappa shape index (κ1) is 13.0. The fourth-order valence-corrected chi connectivity index (χ4v) is 2.43. The fourth-order valence-electron chi connectivity index (χ4n) is 2.30. The molecule has 3 heteroatoms. The van der Waals surface area contributed by atoms with Gasteiger partial charge in [-0.05, 0) is 31.1 Å². The molecule has 1 aliphatic carbocycles. The molecule has 1 N–H and O–H groups in total. The lowest BCUT2D eigenvalue weighted by atomic mass is 9.75. The molecule has 0 saturated heterocycles. The maximum absolute atomic E-state index is 11.7. The van der Waals surface area contributed by atoms with Gasteiger partial charge in [0.05, 0.1) is 4.83 Å². The highest BCUT2D eigenvalue weighted by atomic mass is 79.9. The van der Waals surface area contributed by atoms with Crippen LogP contribution in [0.15, 0.2) is 0 Å². The second-order valence-electron chi connectivity index (χ2n) is 5.34. The molecule has 0 bridgehead atoms. The molecule has 0 radical (unpaired) electrons. The predicted molar refractivity (Wildman–Crippen MR) is 67.2 cm³/mol. The number of halogens is 1. The average molecular weight is 276 g/mol. The molecule has 2 unspecified atom stereocenters. The summed E-state index contributed by atoms with van der Waals surface area (Å²) in [6, 6.07) is 0.382. The fraction of sp³-hybridized carbons (Fsp3) is 0.917. The molecule has 1 fully saturated rings. The molecule has 0 aliphatic heterocycles. The minimum absolute atomic E-state index is 0.0254. The molecule has 0 aromatic heterocycles. The normalized spacial score (nSPS) is 27.1. The standard InChI is InChI=1S/C12H22BrNO/c1-4-10(13)11(15)14-9-6-5-7-12(2,3)8-9/h9-10H,4-8H2,1-3H3,(H,14,15). The average Bonchev–Trinajstić information content (AvgIpc) is 2.14. The largest absolute Gasteiger partial charge is 0.352 e. The van der Waals surface area contributed by atoms with Crippen molar-refractivity contribution in [2.75, 3.05) is 0 Å². The monoisotopic (exact) mass is 275 g/mol. The van der Waals surface area contributed by atoms with E-state index in [4.69, 9.17) is 0 Å². The number of nitrogens with one attached hydrogen (secondary N) is 1. The Morgan fingerprint density at radius 2 is 2.27 bits per heavy atom. The van der Waals surface area contributed by atoms with Gasteiger partial charge in [0.15, 0.2) is 0 Å². The summed E-state index contributed by atoms with van der Waals surface area (Å²) in [5, 5.41) is 3.14. The highest BCUT2D eigenvalue weighted by Gasteiger charge is 2.29. The Morgan fingerprint density at radius 3 is 2.80 bits per heavy atom. The number of amides is 1. The minimum Gasteiger partial charge on any atom is -0.352 e. The molecular weight excluding hydrogens is 254 g/mol. The maximum Gasteiger partial charge on any atom is 0.233 e. The molecule has 1 aliphatic rings. The van der Waals surface area contributed by atoms with Crippen molar-refractivity contribution in [2.24, 2.45) is 5.41 Å². The molecule has 0 aromatic rings. The maximum atomic E-state index is 11.7. The van der Waals surface area contributed by atoms with Crippen molar-refractivity contribution in [1.29, 1.82) is 0 Å². The first-order valence-corrected chi connectivity index (χ1v) is 6.80. The van der Waals surface area contributed by atoms with E-state index in [0.29, 0.717) is 11.5 Å². The third kappa shape index (κ3) is 4.13. The number of carbonyl (C=O) groups excluding carboxylic acids is 1. The van der Waals surface area contributed by atoms with Crippen LogP contribution >= 0.6 is 15.9 Å². The zero-order chi connectivity index (χ0) is 11.5. The van der Waals surface area contributed by atoms with Gasteiger partial charge >= 0.3 is 0 Å². The Morgan fingerprint density at radius 1 is 1.60 bits per heavy atom. The van der Waals surface area contributed by atoms with Crippen LogP contribution in [-0.4, -0.2) is 16.8 Å². The Kier molecular flexibility index (Phi) is 4.63. The van der Waals surface area contributed by atoms with Crippen LogP contribution < -0.4 is 5.32 Å². The third-order valence-corrected chi connectivity index (χ3v) is 4.26. The lowest BCUT2D eigenvalue weighted by Crippen LogP contribution is -2.43. The molecule has 1 rings (SSSR count). The summed E-state index contributed by atoms with van der Waals surface area (Å²) in [7, 11) is 0. The first-order valence-electron chi connectivity index (χ1n) is 5.89. The Bertz CT molecular complexity index is 228. The molecule has 1 amide bonds. The Labute approximate surface area is 101 Å². The summed E-state index contributed by atoms with van der Waals surface area (Å²) in [6.45, 7) is 6.59. The molecule has 2 atom stereocenters. The van der Waals surface area contributed by atoms with Crippen LogP contribution in [0.5, 0.6) is 0 Å². The zero-order valence-electron chi connectivity index (χ0n) is 9.98. The van der Waals surface area contributed by atoms with Crippen LogP contribution in [-0.2, 0) is 4.79 Å². The number of hydrogen-bond acceptors (Lipinski definition) is 1. The summed E-state index contributed by atoms with van der Waals surface area (Å²) in [4.78, 5) is 11.7. The Hall–Kier alpha value is -0.0500. The van der Waals surface area contributed by atoms with Crippen molar-refractivity contribution in [2.45, 2.75) is 63.7 Å². The molecule has 0 aromatic carbocycles. The van der Waals surface area contributed by atoms with Crippen molar-refractivity contribution >= 4 is 21.8 Å². The van der Waals surface area contributed by atoms with Crippen molar-refractivity contribution in [3.8, 4) is 0 Å². The smallest absolute Gasteiger partial charge is 0.233 e. The van der Waals surface area contributed by atoms with Gasteiger partial charge in [-0.15, -0.1) is 0 Å². The molecule has 15 heavy (non-hydrogen) atoms. The Balaban J connectivity index is 2.41. The van der Waals surface area contributed by atoms with Gasteiger partial charge < -0.3 is 5.32 Å². The predicted octanol–water partition coefficient (Wildman–Crippen LogP) is 3.24. The quantitative estimate of drug-likeness (QED) is 0.788. The summed E-state index contributed by atoms with van der Waals surface area (Å²) < 4.78 is 0. The summed E-state index contributed by atoms with van der Waals surface area (Å²) >= 11 is 3.39. The van der Waals surface area contributed by atoms with Gasteiger partial charge in [-0.1, -0.05) is 43.1 Å². The van der Waals surface area contributed by atoms with E-state index in [-0.39, 0.29) is 10.7 Å². The van der Waals surface area contributed by atoms with E-state index in [2.05, 4.69) is 35.1 Å². The van der Waals surface area contributed by atoms with Gasteiger partial charge in [0, 0.05) is 6.04 Å². The molecular formula is C12H22BrNO. The summed E-state index contributed by atoms with van der Waals surface area (Å²) in [6.07, 6.45) is 5.62. The van der Waals surface area contributed by atoms with E-state index >= 15 is 0 Å². The van der Waals surface area contributed by atoms with E-state index in [9.17, 15) is 4.79 Å². The van der Waals surface area contributed by atoms with Crippen molar-refractivity contribution in [3.63, 3.8) is 0 Å². The number of carbonyl (C=O) groups is 1. The first-order chi connectivity index (χ1) is 6.94. The number of hydrogen-bond donors (Lipinski definition) is 1. The topological polar surface area (TPSA) is 29.1 Å². The molecule has 1 saturated carbocycles. The molecule has 0 heterocycles. The van der Waals surface area contributed by atoms with E-state index in [1.54, 1.807) is 0 Å². The third-order valence-electron chi connectivity index (χ3n) is 3.19. The van der Waals surface area contributed by atoms with E-state index in [0.717, 1.165) is 19.3 Å². The highest BCUT2D eigenvalue weighted by molar-refractivity contribution is 9.10. The molecule has 88 valence electrons. The van der Waals surface area contributed by atoms with E-state index in [1.807, 2.05) is 6.92 Å². The molecule has 0 spiro atoms. The second kappa shape index (κ2) is 5.33. The van der Waals surface area contributed by atoms with Crippen LogP contribution in [0.25, 0.3) is 0 Å². The van der Waals surface area contributed by atoms with Crippen molar-refractivity contribution in [3.05, 3.63) is 0 Å². The lowest BCUT2D eigenvalue weighted by molar-refractivity contribution is -0.121. The van der Waals surface area contributed by atoms with Crippen molar-refractivity contribution in [1.82, 2.24) is 5.32 Å². The van der Waals surface area contributed by atoms with Gasteiger partial charge in [-0.25, -0.2) is 0 Å². The van der Waals surface area contributed by atoms with Crippen LogP contribution in [0.2, 0.25) is 0 Å². The number of rotatable bonds is 3.